The Labute approximate surface area is 102 Å². The second-order valence-corrected chi connectivity index (χ2v) is 2.43. The molecule has 0 atom stereocenters. The Kier molecular flexibility index (Phi) is 6.26. The quantitative estimate of drug-likeness (QED) is 0.755. The van der Waals surface area contributed by atoms with Crippen LogP contribution >= 0.6 is 12.4 Å². The minimum atomic E-state index is 0. The molecular formula is C10H9ClN2Ru. The molecule has 0 radical (unpaired) electrons. The molecule has 0 unspecified atom stereocenters. The predicted octanol–water partition coefficient (Wildman–Crippen LogP) is 2.56. The number of rotatable bonds is 1. The molecular weight excluding hydrogens is 285 g/mol. The summed E-state index contributed by atoms with van der Waals surface area (Å²) < 4.78 is 0. The van der Waals surface area contributed by atoms with Gasteiger partial charge in [-0.1, -0.05) is 12.1 Å². The van der Waals surface area contributed by atoms with Gasteiger partial charge in [0.15, 0.2) is 0 Å². The molecule has 0 aliphatic heterocycles. The van der Waals surface area contributed by atoms with Gasteiger partial charge in [0.1, 0.15) is 0 Å². The number of hydrogen-bond donors (Lipinski definition) is 0. The molecule has 4 heteroatoms. The van der Waals surface area contributed by atoms with E-state index >= 15 is 0 Å². The fourth-order valence-electron chi connectivity index (χ4n) is 1.03. The normalized spacial score (nSPS) is 8.29. The van der Waals surface area contributed by atoms with Crippen molar-refractivity contribution < 1.29 is 19.5 Å². The Balaban J connectivity index is 0.000000845. The Morgan fingerprint density at radius 2 is 1.14 bits per heavy atom. The zero-order valence-electron chi connectivity index (χ0n) is 7.28. The summed E-state index contributed by atoms with van der Waals surface area (Å²) in [6.45, 7) is 0. The summed E-state index contributed by atoms with van der Waals surface area (Å²) in [5.41, 5.74) is 1.83. The van der Waals surface area contributed by atoms with Crippen molar-refractivity contribution in [1.29, 1.82) is 0 Å². The third kappa shape index (κ3) is 3.17. The number of nitrogens with zero attached hydrogens (tertiary/aromatic N) is 2. The fraction of sp³-hybridized carbons (Fsp3) is 0. The maximum absolute atomic E-state index is 4.19. The van der Waals surface area contributed by atoms with E-state index < -0.39 is 0 Å². The standard InChI is InChI=1S/C10H8N2.ClH.Ru/c1-3-7-11-9(5-1)10-6-2-4-8-12-10;;/h1-8H;1H;. The third-order valence-electron chi connectivity index (χ3n) is 1.59. The van der Waals surface area contributed by atoms with Crippen LogP contribution in [0.1, 0.15) is 0 Å². The van der Waals surface area contributed by atoms with Crippen molar-refractivity contribution in [2.45, 2.75) is 0 Å². The van der Waals surface area contributed by atoms with Gasteiger partial charge < -0.3 is 0 Å². The van der Waals surface area contributed by atoms with Gasteiger partial charge in [0.25, 0.3) is 0 Å². The Hall–Kier alpha value is -0.787. The summed E-state index contributed by atoms with van der Waals surface area (Å²) >= 11 is 0. The summed E-state index contributed by atoms with van der Waals surface area (Å²) in [5.74, 6) is 0. The first-order chi connectivity index (χ1) is 5.97. The van der Waals surface area contributed by atoms with Crippen molar-refractivity contribution in [2.24, 2.45) is 0 Å². The molecule has 0 aromatic carbocycles. The van der Waals surface area contributed by atoms with Crippen LogP contribution in [0.4, 0.5) is 0 Å². The van der Waals surface area contributed by atoms with Gasteiger partial charge in [-0.15, -0.1) is 12.4 Å². The molecule has 0 saturated heterocycles. The van der Waals surface area contributed by atoms with E-state index in [4.69, 9.17) is 0 Å². The molecule has 14 heavy (non-hydrogen) atoms. The molecule has 0 amide bonds. The molecule has 2 aromatic heterocycles. The fourth-order valence-corrected chi connectivity index (χ4v) is 1.03. The second kappa shape index (κ2) is 6.64. The molecule has 0 fully saturated rings. The Morgan fingerprint density at radius 3 is 1.43 bits per heavy atom. The first kappa shape index (κ1) is 13.2. The average Bonchev–Trinajstić information content (AvgIpc) is 2.21. The van der Waals surface area contributed by atoms with Crippen molar-refractivity contribution >= 4 is 12.4 Å². The number of pyridine rings is 2. The minimum Gasteiger partial charge on any atom is -0.255 e. The number of aromatic nitrogens is 2. The SMILES string of the molecule is Cl.[Ru].c1ccc(-c2ccccn2)nc1. The van der Waals surface area contributed by atoms with Crippen molar-refractivity contribution in [2.75, 3.05) is 0 Å². The number of halogens is 1. The maximum atomic E-state index is 4.19. The van der Waals surface area contributed by atoms with Crippen LogP contribution in [-0.4, -0.2) is 9.97 Å². The monoisotopic (exact) mass is 294 g/mol. The zero-order valence-corrected chi connectivity index (χ0v) is 9.83. The maximum Gasteiger partial charge on any atom is 0.0886 e. The van der Waals surface area contributed by atoms with Crippen LogP contribution in [0.25, 0.3) is 11.4 Å². The smallest absolute Gasteiger partial charge is 0.0886 e. The molecule has 2 rings (SSSR count). The van der Waals surface area contributed by atoms with Crippen LogP contribution in [0.5, 0.6) is 0 Å². The molecule has 0 aliphatic carbocycles. The first-order valence-electron chi connectivity index (χ1n) is 3.79. The topological polar surface area (TPSA) is 25.8 Å². The van der Waals surface area contributed by atoms with Crippen LogP contribution in [0.3, 0.4) is 0 Å². The first-order valence-corrected chi connectivity index (χ1v) is 3.79. The Morgan fingerprint density at radius 1 is 0.714 bits per heavy atom. The van der Waals surface area contributed by atoms with Crippen molar-refractivity contribution in [3.8, 4) is 11.4 Å². The van der Waals surface area contributed by atoms with Crippen LogP contribution in [0.15, 0.2) is 48.8 Å². The molecule has 0 aliphatic rings. The van der Waals surface area contributed by atoms with Gasteiger partial charge in [0.2, 0.25) is 0 Å². The van der Waals surface area contributed by atoms with Crippen molar-refractivity contribution in [1.82, 2.24) is 9.97 Å². The van der Waals surface area contributed by atoms with E-state index in [2.05, 4.69) is 9.97 Å². The van der Waals surface area contributed by atoms with Crippen LogP contribution in [0, 0.1) is 0 Å². The van der Waals surface area contributed by atoms with Gasteiger partial charge in [0, 0.05) is 31.9 Å². The van der Waals surface area contributed by atoms with E-state index in [9.17, 15) is 0 Å². The van der Waals surface area contributed by atoms with Gasteiger partial charge >= 0.3 is 0 Å². The molecule has 0 N–H and O–H groups in total. The summed E-state index contributed by atoms with van der Waals surface area (Å²) in [7, 11) is 0. The van der Waals surface area contributed by atoms with Crippen LogP contribution < -0.4 is 0 Å². The molecule has 2 aromatic rings. The second-order valence-electron chi connectivity index (χ2n) is 2.43. The Bertz CT molecular complexity index is 316. The number of hydrogen-bond acceptors (Lipinski definition) is 2. The van der Waals surface area contributed by atoms with E-state index in [1.807, 2.05) is 36.4 Å². The van der Waals surface area contributed by atoms with E-state index in [1.54, 1.807) is 12.4 Å². The minimum absolute atomic E-state index is 0. The summed E-state index contributed by atoms with van der Waals surface area (Å²) in [6.07, 6.45) is 3.54. The molecule has 0 saturated carbocycles. The zero-order chi connectivity index (χ0) is 8.23. The predicted molar refractivity (Wildman–Crippen MR) is 54.7 cm³/mol. The third-order valence-corrected chi connectivity index (χ3v) is 1.59. The average molecular weight is 294 g/mol. The van der Waals surface area contributed by atoms with Gasteiger partial charge in [-0.2, -0.15) is 0 Å². The van der Waals surface area contributed by atoms with Crippen LogP contribution in [0.2, 0.25) is 0 Å². The van der Waals surface area contributed by atoms with Gasteiger partial charge in [-0.3, -0.25) is 9.97 Å². The van der Waals surface area contributed by atoms with Crippen molar-refractivity contribution in [3.05, 3.63) is 48.8 Å². The summed E-state index contributed by atoms with van der Waals surface area (Å²) in [6, 6.07) is 11.6. The molecule has 2 heterocycles. The van der Waals surface area contributed by atoms with E-state index in [0.29, 0.717) is 0 Å². The summed E-state index contributed by atoms with van der Waals surface area (Å²) in [4.78, 5) is 8.37. The van der Waals surface area contributed by atoms with Gasteiger partial charge in [-0.25, -0.2) is 0 Å². The summed E-state index contributed by atoms with van der Waals surface area (Å²) in [5, 5.41) is 0. The van der Waals surface area contributed by atoms with Crippen LogP contribution in [-0.2, 0) is 19.5 Å². The molecule has 0 bridgehead atoms. The van der Waals surface area contributed by atoms with E-state index in [0.717, 1.165) is 11.4 Å². The van der Waals surface area contributed by atoms with Gasteiger partial charge in [-0.05, 0) is 24.3 Å². The van der Waals surface area contributed by atoms with E-state index in [1.165, 1.54) is 0 Å². The van der Waals surface area contributed by atoms with Gasteiger partial charge in [0.05, 0.1) is 11.4 Å². The molecule has 74 valence electrons. The molecule has 2 nitrogen and oxygen atoms in total. The van der Waals surface area contributed by atoms with Crippen molar-refractivity contribution in [3.63, 3.8) is 0 Å². The molecule has 0 spiro atoms. The van der Waals surface area contributed by atoms with E-state index in [-0.39, 0.29) is 31.9 Å². The largest absolute Gasteiger partial charge is 0.255 e.